The molecule has 1 aliphatic heterocycles. The number of nitrogens with zero attached hydrogens (tertiary/aromatic N) is 1. The number of carbonyl (C=O) groups excluding carboxylic acids is 1. The Morgan fingerprint density at radius 1 is 1.35 bits per heavy atom. The molecule has 0 atom stereocenters. The van der Waals surface area contributed by atoms with E-state index in [0.717, 1.165) is 32.8 Å². The molecule has 0 aliphatic carbocycles. The van der Waals surface area contributed by atoms with Crippen LogP contribution in [0, 0.1) is 0 Å². The van der Waals surface area contributed by atoms with Gasteiger partial charge in [-0.05, 0) is 12.1 Å². The fourth-order valence-electron chi connectivity index (χ4n) is 1.90. The van der Waals surface area contributed by atoms with Crippen molar-refractivity contribution in [3.05, 3.63) is 24.3 Å². The van der Waals surface area contributed by atoms with Gasteiger partial charge in [-0.15, -0.1) is 0 Å². The van der Waals surface area contributed by atoms with Crippen LogP contribution in [-0.4, -0.2) is 56.9 Å². The second-order valence-electron chi connectivity index (χ2n) is 4.54. The number of carbonyl (C=O) groups is 1. The third-order valence-electron chi connectivity index (χ3n) is 2.99. The largest absolute Gasteiger partial charge is 0.482 e. The van der Waals surface area contributed by atoms with Gasteiger partial charge in [0.25, 0.3) is 0 Å². The number of nitrogens with two attached hydrogens (primary N) is 1. The first-order valence-electron chi connectivity index (χ1n) is 6.68. The average Bonchev–Trinajstić information content (AvgIpc) is 2.46. The summed E-state index contributed by atoms with van der Waals surface area (Å²) in [6, 6.07) is 6.94. The highest BCUT2D eigenvalue weighted by Crippen LogP contribution is 2.14. The quantitative estimate of drug-likeness (QED) is 0.605. The van der Waals surface area contributed by atoms with Gasteiger partial charge in [0.1, 0.15) is 12.4 Å². The highest BCUT2D eigenvalue weighted by molar-refractivity contribution is 5.71. The summed E-state index contributed by atoms with van der Waals surface area (Å²) in [6.45, 7) is 4.26. The predicted octanol–water partition coefficient (Wildman–Crippen LogP) is 0.523. The van der Waals surface area contributed by atoms with Crippen LogP contribution in [0.2, 0.25) is 0 Å². The van der Waals surface area contributed by atoms with Gasteiger partial charge < -0.3 is 19.9 Å². The second kappa shape index (κ2) is 7.72. The van der Waals surface area contributed by atoms with Crippen LogP contribution in [0.5, 0.6) is 5.75 Å². The molecule has 2 rings (SSSR count). The molecule has 20 heavy (non-hydrogen) atoms. The minimum absolute atomic E-state index is 0.105. The lowest BCUT2D eigenvalue weighted by Crippen LogP contribution is -2.38. The lowest BCUT2D eigenvalue weighted by atomic mass is 10.3. The van der Waals surface area contributed by atoms with E-state index in [2.05, 4.69) is 4.90 Å². The van der Waals surface area contributed by atoms with E-state index in [1.165, 1.54) is 0 Å². The van der Waals surface area contributed by atoms with Gasteiger partial charge in [0.2, 0.25) is 0 Å². The first kappa shape index (κ1) is 14.6. The first-order chi connectivity index (χ1) is 9.74. The summed E-state index contributed by atoms with van der Waals surface area (Å²) in [5.41, 5.74) is 6.22. The molecule has 0 aromatic heterocycles. The topological polar surface area (TPSA) is 74.0 Å². The van der Waals surface area contributed by atoms with E-state index in [4.69, 9.17) is 19.9 Å². The Balaban J connectivity index is 1.60. The van der Waals surface area contributed by atoms with Gasteiger partial charge in [-0.3, -0.25) is 4.90 Å². The zero-order valence-corrected chi connectivity index (χ0v) is 11.4. The molecule has 1 heterocycles. The molecule has 0 saturated carbocycles. The number of hydrogen-bond donors (Lipinski definition) is 1. The van der Waals surface area contributed by atoms with Crippen molar-refractivity contribution in [2.24, 2.45) is 0 Å². The number of anilines is 1. The van der Waals surface area contributed by atoms with Crippen LogP contribution in [0.3, 0.4) is 0 Å². The van der Waals surface area contributed by atoms with Crippen molar-refractivity contribution >= 4 is 11.7 Å². The van der Waals surface area contributed by atoms with E-state index >= 15 is 0 Å². The SMILES string of the molecule is Nc1cccc(OCC(=O)OCCN2CCOCC2)c1. The third-order valence-corrected chi connectivity index (χ3v) is 2.99. The number of rotatable bonds is 6. The van der Waals surface area contributed by atoms with Gasteiger partial charge in [0.15, 0.2) is 6.61 Å². The van der Waals surface area contributed by atoms with Crippen LogP contribution in [0.15, 0.2) is 24.3 Å². The number of hydrogen-bond acceptors (Lipinski definition) is 6. The Labute approximate surface area is 118 Å². The fourth-order valence-corrected chi connectivity index (χ4v) is 1.90. The molecule has 1 aromatic rings. The van der Waals surface area contributed by atoms with Crippen LogP contribution < -0.4 is 10.5 Å². The van der Waals surface area contributed by atoms with Crippen molar-refractivity contribution in [1.29, 1.82) is 0 Å². The van der Waals surface area contributed by atoms with Crippen LogP contribution in [0.1, 0.15) is 0 Å². The minimum atomic E-state index is -0.374. The first-order valence-corrected chi connectivity index (χ1v) is 6.68. The molecule has 0 amide bonds. The Kier molecular flexibility index (Phi) is 5.64. The van der Waals surface area contributed by atoms with E-state index in [1.807, 2.05) is 0 Å². The van der Waals surface area contributed by atoms with Crippen LogP contribution in [0.4, 0.5) is 5.69 Å². The average molecular weight is 280 g/mol. The summed E-state index contributed by atoms with van der Waals surface area (Å²) >= 11 is 0. The number of morpholine rings is 1. The molecular weight excluding hydrogens is 260 g/mol. The summed E-state index contributed by atoms with van der Waals surface area (Å²) < 4.78 is 15.7. The number of esters is 1. The van der Waals surface area contributed by atoms with Crippen LogP contribution in [0.25, 0.3) is 0 Å². The van der Waals surface area contributed by atoms with E-state index in [0.29, 0.717) is 18.0 Å². The van der Waals surface area contributed by atoms with Gasteiger partial charge >= 0.3 is 5.97 Å². The van der Waals surface area contributed by atoms with Gasteiger partial charge in [-0.2, -0.15) is 0 Å². The molecule has 110 valence electrons. The number of nitrogen functional groups attached to an aromatic ring is 1. The molecule has 0 radical (unpaired) electrons. The van der Waals surface area contributed by atoms with Gasteiger partial charge in [0, 0.05) is 31.4 Å². The summed E-state index contributed by atoms with van der Waals surface area (Å²) in [5, 5.41) is 0. The Morgan fingerprint density at radius 2 is 2.15 bits per heavy atom. The molecule has 1 fully saturated rings. The third kappa shape index (κ3) is 5.07. The fraction of sp³-hybridized carbons (Fsp3) is 0.500. The molecule has 0 unspecified atom stereocenters. The number of ether oxygens (including phenoxy) is 3. The second-order valence-corrected chi connectivity index (χ2v) is 4.54. The van der Waals surface area contributed by atoms with Crippen molar-refractivity contribution in [3.63, 3.8) is 0 Å². The Morgan fingerprint density at radius 3 is 2.90 bits per heavy atom. The summed E-state index contributed by atoms with van der Waals surface area (Å²) in [5.74, 6) is 0.191. The maximum atomic E-state index is 11.5. The zero-order chi connectivity index (χ0) is 14.2. The van der Waals surface area contributed by atoms with Crippen LogP contribution >= 0.6 is 0 Å². The minimum Gasteiger partial charge on any atom is -0.482 e. The molecular formula is C14H20N2O4. The number of benzene rings is 1. The molecule has 6 heteroatoms. The summed E-state index contributed by atoms with van der Waals surface area (Å²) in [6.07, 6.45) is 0. The molecule has 1 aromatic carbocycles. The van der Waals surface area contributed by atoms with Gasteiger partial charge in [0.05, 0.1) is 13.2 Å². The van der Waals surface area contributed by atoms with E-state index < -0.39 is 0 Å². The van der Waals surface area contributed by atoms with Crippen molar-refractivity contribution in [3.8, 4) is 5.75 Å². The standard InChI is InChI=1S/C14H20N2O4/c15-12-2-1-3-13(10-12)20-11-14(17)19-9-6-16-4-7-18-8-5-16/h1-3,10H,4-9,11,15H2. The van der Waals surface area contributed by atoms with E-state index in [9.17, 15) is 4.79 Å². The summed E-state index contributed by atoms with van der Waals surface area (Å²) in [7, 11) is 0. The van der Waals surface area contributed by atoms with Crippen molar-refractivity contribution in [2.45, 2.75) is 0 Å². The van der Waals surface area contributed by atoms with Crippen molar-refractivity contribution in [1.82, 2.24) is 4.90 Å². The molecule has 0 bridgehead atoms. The monoisotopic (exact) mass is 280 g/mol. The van der Waals surface area contributed by atoms with E-state index in [1.54, 1.807) is 24.3 Å². The normalized spacial score (nSPS) is 15.8. The van der Waals surface area contributed by atoms with Crippen molar-refractivity contribution < 1.29 is 19.0 Å². The molecule has 6 nitrogen and oxygen atoms in total. The Bertz CT molecular complexity index is 433. The Hall–Kier alpha value is -1.79. The zero-order valence-electron chi connectivity index (χ0n) is 11.4. The lowest BCUT2D eigenvalue weighted by molar-refractivity contribution is -0.146. The predicted molar refractivity (Wildman–Crippen MR) is 74.6 cm³/mol. The van der Waals surface area contributed by atoms with E-state index in [-0.39, 0.29) is 12.6 Å². The maximum absolute atomic E-state index is 11.5. The smallest absolute Gasteiger partial charge is 0.344 e. The molecule has 1 aliphatic rings. The molecule has 0 spiro atoms. The van der Waals surface area contributed by atoms with Gasteiger partial charge in [-0.1, -0.05) is 6.07 Å². The van der Waals surface area contributed by atoms with Crippen molar-refractivity contribution in [2.75, 3.05) is 51.8 Å². The maximum Gasteiger partial charge on any atom is 0.344 e. The molecule has 2 N–H and O–H groups in total. The highest BCUT2D eigenvalue weighted by Gasteiger charge is 2.11. The highest BCUT2D eigenvalue weighted by atomic mass is 16.6. The lowest BCUT2D eigenvalue weighted by Gasteiger charge is -2.26. The molecule has 1 saturated heterocycles. The summed E-state index contributed by atoms with van der Waals surface area (Å²) in [4.78, 5) is 13.7. The van der Waals surface area contributed by atoms with Gasteiger partial charge in [-0.25, -0.2) is 4.79 Å². The van der Waals surface area contributed by atoms with Crippen LogP contribution in [-0.2, 0) is 14.3 Å².